The fourth-order valence-corrected chi connectivity index (χ4v) is 3.28. The number of hydrogen-bond acceptors (Lipinski definition) is 3. The van der Waals surface area contributed by atoms with Gasteiger partial charge in [-0.1, -0.05) is 12.8 Å². The number of rotatable bonds is 5. The Kier molecular flexibility index (Phi) is 4.87. The number of aromatic carboxylic acids is 1. The van der Waals surface area contributed by atoms with Gasteiger partial charge in [0.25, 0.3) is 0 Å². The zero-order valence-electron chi connectivity index (χ0n) is 11.1. The summed E-state index contributed by atoms with van der Waals surface area (Å²) in [5.41, 5.74) is -0.561. The molecule has 1 aromatic rings. The van der Waals surface area contributed by atoms with E-state index in [0.717, 1.165) is 16.4 Å². The summed E-state index contributed by atoms with van der Waals surface area (Å²) < 4.78 is 39.4. The highest BCUT2D eigenvalue weighted by molar-refractivity contribution is 7.89. The van der Waals surface area contributed by atoms with Crippen molar-refractivity contribution in [3.05, 3.63) is 29.1 Å². The lowest BCUT2D eigenvalue weighted by atomic mass is 10.1. The van der Waals surface area contributed by atoms with Gasteiger partial charge < -0.3 is 5.11 Å². The monoisotopic (exact) mass is 299 g/mol. The van der Waals surface area contributed by atoms with E-state index in [-0.39, 0.29) is 23.5 Å². The van der Waals surface area contributed by atoms with Crippen LogP contribution in [0.2, 0.25) is 0 Å². The van der Waals surface area contributed by atoms with E-state index >= 15 is 0 Å². The zero-order chi connectivity index (χ0) is 15.5. The van der Waals surface area contributed by atoms with E-state index in [4.69, 9.17) is 11.5 Å². The van der Waals surface area contributed by atoms with E-state index in [1.165, 1.54) is 6.92 Å². The molecule has 0 aliphatic carbocycles. The van der Waals surface area contributed by atoms with Crippen molar-refractivity contribution in [3.8, 4) is 12.3 Å². The molecule has 1 rings (SSSR count). The third-order valence-electron chi connectivity index (χ3n) is 2.78. The van der Waals surface area contributed by atoms with Crippen molar-refractivity contribution in [2.24, 2.45) is 0 Å². The summed E-state index contributed by atoms with van der Waals surface area (Å²) in [6, 6.07) is 1.73. The summed E-state index contributed by atoms with van der Waals surface area (Å²) in [6.45, 7) is 2.79. The van der Waals surface area contributed by atoms with Gasteiger partial charge in [0.15, 0.2) is 0 Å². The average Bonchev–Trinajstić information content (AvgIpc) is 2.38. The van der Waals surface area contributed by atoms with Gasteiger partial charge >= 0.3 is 5.97 Å². The average molecular weight is 299 g/mol. The van der Waals surface area contributed by atoms with Crippen LogP contribution in [0.5, 0.6) is 0 Å². The highest BCUT2D eigenvalue weighted by Crippen LogP contribution is 2.24. The van der Waals surface area contributed by atoms with Gasteiger partial charge in [-0.05, 0) is 19.1 Å². The Morgan fingerprint density at radius 3 is 2.55 bits per heavy atom. The normalized spacial score (nSPS) is 11.3. The fourth-order valence-electron chi connectivity index (χ4n) is 1.65. The molecule has 0 aliphatic heterocycles. The van der Waals surface area contributed by atoms with Gasteiger partial charge in [-0.2, -0.15) is 4.31 Å². The van der Waals surface area contributed by atoms with Crippen LogP contribution in [0.4, 0.5) is 4.39 Å². The van der Waals surface area contributed by atoms with E-state index < -0.39 is 27.4 Å². The molecule has 20 heavy (non-hydrogen) atoms. The molecule has 0 aromatic heterocycles. The first kappa shape index (κ1) is 16.1. The molecule has 0 atom stereocenters. The third kappa shape index (κ3) is 2.98. The minimum absolute atomic E-state index is 0.102. The quantitative estimate of drug-likeness (QED) is 0.836. The summed E-state index contributed by atoms with van der Waals surface area (Å²) in [7, 11) is -4.03. The Morgan fingerprint density at radius 2 is 2.10 bits per heavy atom. The number of sulfonamides is 1. The predicted octanol–water partition coefficient (Wildman–Crippen LogP) is 1.48. The summed E-state index contributed by atoms with van der Waals surface area (Å²) in [5.74, 6) is -0.0884. The Hall–Kier alpha value is -1.91. The van der Waals surface area contributed by atoms with Crippen LogP contribution < -0.4 is 0 Å². The van der Waals surface area contributed by atoms with Crippen LogP contribution >= 0.6 is 0 Å². The van der Waals surface area contributed by atoms with Crippen molar-refractivity contribution >= 4 is 16.0 Å². The number of hydrogen-bond donors (Lipinski definition) is 1. The van der Waals surface area contributed by atoms with Crippen LogP contribution in [-0.4, -0.2) is 36.9 Å². The van der Waals surface area contributed by atoms with E-state index in [1.807, 2.05) is 0 Å². The number of carboxylic acids is 1. The number of nitrogens with zero attached hydrogens (tertiary/aromatic N) is 1. The lowest BCUT2D eigenvalue weighted by Crippen LogP contribution is -2.32. The molecule has 108 valence electrons. The maximum atomic E-state index is 13.7. The van der Waals surface area contributed by atoms with E-state index in [0.29, 0.717) is 0 Å². The van der Waals surface area contributed by atoms with Gasteiger partial charge in [-0.25, -0.2) is 17.6 Å². The Balaban J connectivity index is 3.53. The molecule has 1 N–H and O–H groups in total. The molecule has 0 heterocycles. The lowest BCUT2D eigenvalue weighted by molar-refractivity contribution is 0.0696. The fraction of sp³-hybridized carbons (Fsp3) is 0.308. The van der Waals surface area contributed by atoms with Crippen LogP contribution in [0.15, 0.2) is 17.0 Å². The number of carboxylic acid groups (broad SMARTS) is 1. The Labute approximate surface area is 117 Å². The minimum atomic E-state index is -4.03. The maximum Gasteiger partial charge on any atom is 0.335 e. The highest BCUT2D eigenvalue weighted by atomic mass is 32.2. The van der Waals surface area contributed by atoms with E-state index in [2.05, 4.69) is 5.92 Å². The van der Waals surface area contributed by atoms with Crippen molar-refractivity contribution in [3.63, 3.8) is 0 Å². The van der Waals surface area contributed by atoms with Gasteiger partial charge in [-0.3, -0.25) is 0 Å². The minimum Gasteiger partial charge on any atom is -0.478 e. The molecule has 0 unspecified atom stereocenters. The lowest BCUT2D eigenvalue weighted by Gasteiger charge is -2.19. The zero-order valence-corrected chi connectivity index (χ0v) is 11.9. The third-order valence-corrected chi connectivity index (χ3v) is 4.83. The number of carbonyl (C=O) groups is 1. The van der Waals surface area contributed by atoms with E-state index in [9.17, 15) is 17.6 Å². The first-order chi connectivity index (χ1) is 9.25. The molecule has 0 fully saturated rings. The molecule has 0 aliphatic rings. The van der Waals surface area contributed by atoms with Crippen LogP contribution in [0.25, 0.3) is 0 Å². The number of terminal acetylenes is 1. The molecule has 7 heteroatoms. The second kappa shape index (κ2) is 6.03. The van der Waals surface area contributed by atoms with Crippen LogP contribution in [0.1, 0.15) is 22.8 Å². The van der Waals surface area contributed by atoms with Crippen molar-refractivity contribution in [1.29, 1.82) is 0 Å². The summed E-state index contributed by atoms with van der Waals surface area (Å²) in [5, 5.41) is 8.88. The predicted molar refractivity (Wildman–Crippen MR) is 71.4 cm³/mol. The summed E-state index contributed by atoms with van der Waals surface area (Å²) in [6.07, 6.45) is 5.10. The molecule has 0 saturated carbocycles. The van der Waals surface area contributed by atoms with Crippen molar-refractivity contribution in [2.75, 3.05) is 13.1 Å². The Bertz CT molecular complexity index is 676. The van der Waals surface area contributed by atoms with Crippen LogP contribution in [0, 0.1) is 25.1 Å². The Morgan fingerprint density at radius 1 is 1.50 bits per heavy atom. The molecule has 5 nitrogen and oxygen atoms in total. The molecule has 0 bridgehead atoms. The standard InChI is InChI=1S/C13H14FNO4S/c1-4-6-15(5-2)20(18,19)12-8-10(13(16)17)7-11(14)9(12)3/h1,7-8H,5-6H2,2-3H3,(H,16,17). The highest BCUT2D eigenvalue weighted by Gasteiger charge is 2.27. The van der Waals surface area contributed by atoms with Crippen LogP contribution in [0.3, 0.4) is 0 Å². The van der Waals surface area contributed by atoms with Crippen LogP contribution in [-0.2, 0) is 10.0 Å². The van der Waals surface area contributed by atoms with E-state index in [1.54, 1.807) is 6.92 Å². The molecule has 0 spiro atoms. The van der Waals surface area contributed by atoms with Crippen molar-refractivity contribution in [1.82, 2.24) is 4.31 Å². The van der Waals surface area contributed by atoms with Gasteiger partial charge in [0.2, 0.25) is 10.0 Å². The van der Waals surface area contributed by atoms with Crippen molar-refractivity contribution in [2.45, 2.75) is 18.7 Å². The first-order valence-electron chi connectivity index (χ1n) is 5.72. The molecule has 0 saturated heterocycles. The van der Waals surface area contributed by atoms with Crippen molar-refractivity contribution < 1.29 is 22.7 Å². The molecular formula is C13H14FNO4S. The molecule has 1 aromatic carbocycles. The van der Waals surface area contributed by atoms with Gasteiger partial charge in [-0.15, -0.1) is 6.42 Å². The maximum absolute atomic E-state index is 13.7. The largest absolute Gasteiger partial charge is 0.478 e. The summed E-state index contributed by atoms with van der Waals surface area (Å²) >= 11 is 0. The van der Waals surface area contributed by atoms with Gasteiger partial charge in [0.05, 0.1) is 17.0 Å². The summed E-state index contributed by atoms with van der Waals surface area (Å²) in [4.78, 5) is 10.5. The number of benzene rings is 1. The topological polar surface area (TPSA) is 74.7 Å². The second-order valence-electron chi connectivity index (χ2n) is 4.02. The van der Waals surface area contributed by atoms with Gasteiger partial charge in [0.1, 0.15) is 5.82 Å². The molecule has 0 amide bonds. The smallest absolute Gasteiger partial charge is 0.335 e. The second-order valence-corrected chi connectivity index (χ2v) is 5.93. The number of halogens is 1. The molecular weight excluding hydrogens is 285 g/mol. The van der Waals surface area contributed by atoms with Gasteiger partial charge in [0, 0.05) is 12.1 Å². The molecule has 0 radical (unpaired) electrons. The SMILES string of the molecule is C#CCN(CC)S(=O)(=O)c1cc(C(=O)O)cc(F)c1C. The first-order valence-corrected chi connectivity index (χ1v) is 7.16.